The Hall–Kier alpha value is -3.35. The van der Waals surface area contributed by atoms with E-state index in [0.29, 0.717) is 40.8 Å². The fourth-order valence-corrected chi connectivity index (χ4v) is 3.29. The van der Waals surface area contributed by atoms with Crippen molar-refractivity contribution >= 4 is 40.8 Å². The first-order valence-corrected chi connectivity index (χ1v) is 9.04. The Kier molecular flexibility index (Phi) is 4.73. The van der Waals surface area contributed by atoms with Gasteiger partial charge in [0.15, 0.2) is 16.8 Å². The van der Waals surface area contributed by atoms with Crippen molar-refractivity contribution in [3.8, 4) is 11.5 Å². The highest BCUT2D eigenvalue weighted by atomic mass is 16.4. The first kappa shape index (κ1) is 18.0. The normalized spacial score (nSPS) is 11.2. The maximum Gasteiger partial charge on any atom is 0.295 e. The van der Waals surface area contributed by atoms with Gasteiger partial charge in [-0.2, -0.15) is 0 Å². The summed E-state index contributed by atoms with van der Waals surface area (Å²) < 4.78 is 6.01. The molecule has 1 aliphatic heterocycles. The van der Waals surface area contributed by atoms with Gasteiger partial charge in [0.05, 0.1) is 0 Å². The molecule has 0 bridgehead atoms. The predicted molar refractivity (Wildman–Crippen MR) is 111 cm³/mol. The van der Waals surface area contributed by atoms with Crippen LogP contribution in [0.2, 0.25) is 12.6 Å². The number of aromatic nitrogens is 1. The largest absolute Gasteiger partial charge is 0.482 e. The number of hydrogen-bond acceptors (Lipinski definition) is 5. The van der Waals surface area contributed by atoms with Gasteiger partial charge in [-0.3, -0.25) is 9.59 Å². The second kappa shape index (κ2) is 7.35. The minimum atomic E-state index is -0.824. The van der Waals surface area contributed by atoms with Crippen molar-refractivity contribution in [3.63, 3.8) is 0 Å². The smallest absolute Gasteiger partial charge is 0.295 e. The number of carboxylic acid groups (broad SMARTS) is 1. The molecule has 1 aliphatic carbocycles. The van der Waals surface area contributed by atoms with Crippen LogP contribution in [0, 0.1) is 0 Å². The van der Waals surface area contributed by atoms with Crippen molar-refractivity contribution in [2.24, 2.45) is 0 Å². The lowest BCUT2D eigenvalue weighted by Gasteiger charge is -2.19. The topological polar surface area (TPSA) is 83.6 Å². The third-order valence-corrected chi connectivity index (χ3v) is 4.77. The Morgan fingerprint density at radius 3 is 2.75 bits per heavy atom. The lowest BCUT2D eigenvalue weighted by Crippen LogP contribution is -2.20. The van der Waals surface area contributed by atoms with Gasteiger partial charge in [0.1, 0.15) is 18.5 Å². The Balaban J connectivity index is 1.69. The predicted octanol–water partition coefficient (Wildman–Crippen LogP) is 3.51. The summed E-state index contributed by atoms with van der Waals surface area (Å²) in [4.78, 5) is 29.7. The second-order valence-corrected chi connectivity index (χ2v) is 6.73. The molecule has 0 spiro atoms. The van der Waals surface area contributed by atoms with Crippen LogP contribution in [0.1, 0.15) is 0 Å². The number of carbonyl (C=O) groups is 1. The number of aliphatic carboxylic acids is 1. The van der Waals surface area contributed by atoms with Crippen molar-refractivity contribution in [1.29, 1.82) is 0 Å². The summed E-state index contributed by atoms with van der Waals surface area (Å²) in [5, 5.41) is 10.1. The first-order chi connectivity index (χ1) is 13.5. The maximum absolute atomic E-state index is 12.4. The zero-order chi connectivity index (χ0) is 19.7. The molecule has 6 nitrogen and oxygen atoms in total. The molecule has 2 aromatic carbocycles. The van der Waals surface area contributed by atoms with Crippen LogP contribution in [0.15, 0.2) is 57.7 Å². The molecule has 1 heterocycles. The molecular weight excluding hydrogens is 355 g/mol. The average Bonchev–Trinajstić information content (AvgIpc) is 2.69. The van der Waals surface area contributed by atoms with Crippen LogP contribution in [-0.4, -0.2) is 36.9 Å². The minimum absolute atomic E-state index is 0.0578. The van der Waals surface area contributed by atoms with Gasteiger partial charge < -0.3 is 14.4 Å². The first-order valence-electron chi connectivity index (χ1n) is 9.04. The summed E-state index contributed by atoms with van der Waals surface area (Å²) in [6, 6.07) is 14.6. The highest BCUT2D eigenvalue weighted by molar-refractivity contribution is 6.40. The minimum Gasteiger partial charge on any atom is -0.482 e. The summed E-state index contributed by atoms with van der Waals surface area (Å²) in [5.41, 5.74) is 2.83. The number of anilines is 1. The molecule has 0 aromatic heterocycles. The molecule has 0 unspecified atom stereocenters. The molecule has 1 N–H and O–H groups in total. The van der Waals surface area contributed by atoms with Crippen molar-refractivity contribution in [2.45, 2.75) is 12.6 Å². The Bertz CT molecular complexity index is 1200. The second-order valence-electron chi connectivity index (χ2n) is 6.73. The van der Waals surface area contributed by atoms with E-state index in [9.17, 15) is 9.59 Å². The molecule has 28 heavy (non-hydrogen) atoms. The summed E-state index contributed by atoms with van der Waals surface area (Å²) in [6.45, 7) is 0.690. The highest BCUT2D eigenvalue weighted by Crippen LogP contribution is 2.31. The Labute approximate surface area is 162 Å². The average molecular weight is 373 g/mol. The van der Waals surface area contributed by atoms with Gasteiger partial charge in [-0.25, -0.2) is 4.98 Å². The van der Waals surface area contributed by atoms with E-state index in [4.69, 9.17) is 14.5 Å². The van der Waals surface area contributed by atoms with Gasteiger partial charge in [-0.05, 0) is 12.1 Å². The van der Waals surface area contributed by atoms with Crippen LogP contribution >= 0.6 is 0 Å². The van der Waals surface area contributed by atoms with E-state index < -0.39 is 5.97 Å². The van der Waals surface area contributed by atoms with Crippen LogP contribution in [0.3, 0.4) is 0 Å². The van der Waals surface area contributed by atoms with Crippen molar-refractivity contribution in [3.05, 3.63) is 58.8 Å². The fourth-order valence-electron chi connectivity index (χ4n) is 3.29. The van der Waals surface area contributed by atoms with Gasteiger partial charge in [0, 0.05) is 48.5 Å². The number of nitrogens with zero attached hydrogens (tertiary/aromatic N) is 2. The zero-order valence-corrected chi connectivity index (χ0v) is 15.4. The lowest BCUT2D eigenvalue weighted by atomic mass is 9.71. The van der Waals surface area contributed by atoms with Crippen molar-refractivity contribution in [1.82, 2.24) is 4.98 Å². The summed E-state index contributed by atoms with van der Waals surface area (Å²) >= 11 is 0. The third-order valence-electron chi connectivity index (χ3n) is 4.77. The highest BCUT2D eigenvalue weighted by Gasteiger charge is 2.16. The van der Waals surface area contributed by atoms with Crippen molar-refractivity contribution in [2.75, 3.05) is 18.5 Å². The Morgan fingerprint density at radius 2 is 1.96 bits per heavy atom. The summed E-state index contributed by atoms with van der Waals surface area (Å²) in [6.07, 6.45) is 0.724. The van der Waals surface area contributed by atoms with Crippen LogP contribution in [0.4, 0.5) is 5.69 Å². The molecule has 139 valence electrons. The third kappa shape index (κ3) is 3.43. The van der Waals surface area contributed by atoms with Gasteiger partial charge in [0.25, 0.3) is 5.97 Å². The van der Waals surface area contributed by atoms with E-state index in [1.807, 2.05) is 48.3 Å². The number of fused-ring (bicyclic) bond motifs is 4. The van der Waals surface area contributed by atoms with Crippen molar-refractivity contribution < 1.29 is 14.3 Å². The summed E-state index contributed by atoms with van der Waals surface area (Å²) in [5.74, 6) is -0.360. The monoisotopic (exact) mass is 373 g/mol. The molecule has 0 saturated carbocycles. The molecule has 0 saturated heterocycles. The number of hydrogen-bond donors (Lipinski definition) is 1. The summed E-state index contributed by atoms with van der Waals surface area (Å²) in [7, 11) is 3.69. The van der Waals surface area contributed by atoms with E-state index in [2.05, 4.69) is 0 Å². The Morgan fingerprint density at radius 1 is 1.18 bits per heavy atom. The molecule has 0 amide bonds. The molecule has 0 fully saturated rings. The van der Waals surface area contributed by atoms with Crippen LogP contribution in [0.25, 0.3) is 33.3 Å². The molecule has 2 aromatic rings. The number of rotatable bonds is 6. The van der Waals surface area contributed by atoms with Gasteiger partial charge in [0.2, 0.25) is 0 Å². The molecular formula is C21H18BN2O4. The molecule has 7 heteroatoms. The van der Waals surface area contributed by atoms with Gasteiger partial charge in [-0.1, -0.05) is 30.6 Å². The number of benzene rings is 3. The van der Waals surface area contributed by atoms with E-state index in [0.717, 1.165) is 11.1 Å². The number of carboxylic acids is 1. The zero-order valence-electron chi connectivity index (χ0n) is 15.4. The van der Waals surface area contributed by atoms with E-state index in [1.165, 1.54) is 6.07 Å². The van der Waals surface area contributed by atoms with E-state index in [-0.39, 0.29) is 11.7 Å². The molecule has 2 aliphatic rings. The van der Waals surface area contributed by atoms with Crippen LogP contribution in [0.5, 0.6) is 0 Å². The molecule has 4 rings (SSSR count). The molecule has 0 atom stereocenters. The lowest BCUT2D eigenvalue weighted by molar-refractivity contribution is -0.134. The SMILES string of the molecule is CN(CC[B]CC(=O)O)c1ccc2nc3c4ccccc4c(=O)cc-3oc2c1. The van der Waals surface area contributed by atoms with E-state index >= 15 is 0 Å². The van der Waals surface area contributed by atoms with Gasteiger partial charge in [-0.15, -0.1) is 0 Å². The van der Waals surface area contributed by atoms with Crippen LogP contribution < -0.4 is 10.3 Å². The van der Waals surface area contributed by atoms with Crippen LogP contribution in [-0.2, 0) is 4.79 Å². The van der Waals surface area contributed by atoms with E-state index in [1.54, 1.807) is 13.3 Å². The fraction of sp³-hybridized carbons (Fsp3) is 0.190. The maximum atomic E-state index is 12.4. The quantitative estimate of drug-likeness (QED) is 0.241. The molecule has 1 radical (unpaired) electrons. The van der Waals surface area contributed by atoms with Gasteiger partial charge >= 0.3 is 0 Å². The standard InChI is InChI=1S/C21H18BN2O4/c1-24(9-8-22-12-20(26)27)13-6-7-16-18(10-13)28-19-11-17(25)14-4-2-3-5-15(14)21(19)23-16/h2-7,10-11H,8-9,12H2,1H3,(H,26,27).